The lowest BCUT2D eigenvalue weighted by Crippen LogP contribution is -2.19. The predicted molar refractivity (Wildman–Crippen MR) is 76.3 cm³/mol. The Bertz CT molecular complexity index is 619. The molecule has 2 aromatic carbocycles. The van der Waals surface area contributed by atoms with Crippen molar-refractivity contribution in [3.8, 4) is 0 Å². The van der Waals surface area contributed by atoms with Crippen LogP contribution in [0.1, 0.15) is 15.9 Å². The molecule has 4 nitrogen and oxygen atoms in total. The number of carbonyl (C=O) groups is 2. The fourth-order valence-corrected chi connectivity index (χ4v) is 1.65. The minimum Gasteiger partial charge on any atom is -0.300 e. The fourth-order valence-electron chi connectivity index (χ4n) is 1.65. The second-order valence-electron chi connectivity index (χ2n) is 4.36. The summed E-state index contributed by atoms with van der Waals surface area (Å²) in [5, 5.41) is 7.73. The minimum atomic E-state index is -1.10. The first-order valence-corrected chi connectivity index (χ1v) is 6.23. The number of Topliss-reactive ketones (excluding diaryl/α,β-unsaturated/α-hetero) is 1. The van der Waals surface area contributed by atoms with Gasteiger partial charge in [-0.2, -0.15) is 10.2 Å². The Morgan fingerprint density at radius 2 is 1.70 bits per heavy atom. The van der Waals surface area contributed by atoms with Gasteiger partial charge in [0.05, 0.1) is 5.69 Å². The van der Waals surface area contributed by atoms with Gasteiger partial charge in [0.25, 0.3) is 0 Å². The van der Waals surface area contributed by atoms with Crippen LogP contribution in [-0.2, 0) is 4.79 Å². The Morgan fingerprint density at radius 3 is 2.30 bits per heavy atom. The molecule has 0 radical (unpaired) electrons. The summed E-state index contributed by atoms with van der Waals surface area (Å²) < 4.78 is 0. The molecule has 1 atom stereocenters. The van der Waals surface area contributed by atoms with Crippen molar-refractivity contribution in [2.24, 2.45) is 10.2 Å². The van der Waals surface area contributed by atoms with Crippen molar-refractivity contribution >= 4 is 17.8 Å². The first kappa shape index (κ1) is 13.8. The van der Waals surface area contributed by atoms with E-state index in [1.54, 1.807) is 24.3 Å². The molecule has 0 amide bonds. The lowest BCUT2D eigenvalue weighted by molar-refractivity contribution is -0.108. The van der Waals surface area contributed by atoms with Gasteiger partial charge in [-0.1, -0.05) is 48.0 Å². The third kappa shape index (κ3) is 3.45. The minimum absolute atomic E-state index is 0.348. The van der Waals surface area contributed by atoms with Crippen molar-refractivity contribution < 1.29 is 9.59 Å². The number of aryl methyl sites for hydroxylation is 1. The van der Waals surface area contributed by atoms with Crippen molar-refractivity contribution in [2.75, 3.05) is 0 Å². The normalized spacial score (nSPS) is 12.2. The highest BCUT2D eigenvalue weighted by molar-refractivity contribution is 6.08. The lowest BCUT2D eigenvalue weighted by Gasteiger charge is -2.03. The Balaban J connectivity index is 2.16. The molecule has 0 aliphatic rings. The zero-order chi connectivity index (χ0) is 14.4. The highest BCUT2D eigenvalue weighted by atomic mass is 16.1. The molecule has 0 fully saturated rings. The molecule has 0 saturated carbocycles. The van der Waals surface area contributed by atoms with E-state index in [1.165, 1.54) is 0 Å². The van der Waals surface area contributed by atoms with Crippen LogP contribution in [0, 0.1) is 6.92 Å². The highest BCUT2D eigenvalue weighted by Gasteiger charge is 2.18. The number of benzene rings is 2. The van der Waals surface area contributed by atoms with Crippen LogP contribution in [0.4, 0.5) is 5.69 Å². The number of aldehydes is 1. The molecular formula is C16H14N2O2. The zero-order valence-corrected chi connectivity index (χ0v) is 11.1. The van der Waals surface area contributed by atoms with Crippen LogP contribution < -0.4 is 0 Å². The number of carbonyl (C=O) groups excluding carboxylic acids is 2. The molecule has 0 N–H and O–H groups in total. The predicted octanol–water partition coefficient (Wildman–Crippen LogP) is 3.53. The number of hydrogen-bond acceptors (Lipinski definition) is 4. The van der Waals surface area contributed by atoms with Crippen molar-refractivity contribution in [1.29, 1.82) is 0 Å². The monoisotopic (exact) mass is 266 g/mol. The SMILES string of the molecule is Cc1ccc(C(=O)C(C=O)N=Nc2ccccc2)cc1. The molecule has 100 valence electrons. The Labute approximate surface area is 117 Å². The topological polar surface area (TPSA) is 58.9 Å². The Morgan fingerprint density at radius 1 is 1.05 bits per heavy atom. The smallest absolute Gasteiger partial charge is 0.196 e. The van der Waals surface area contributed by atoms with Crippen LogP contribution in [-0.4, -0.2) is 18.1 Å². The fraction of sp³-hybridized carbons (Fsp3) is 0.125. The molecule has 2 rings (SSSR count). The van der Waals surface area contributed by atoms with E-state index in [9.17, 15) is 9.59 Å². The van der Waals surface area contributed by atoms with Crippen molar-refractivity contribution in [1.82, 2.24) is 0 Å². The van der Waals surface area contributed by atoms with Crippen molar-refractivity contribution in [2.45, 2.75) is 13.0 Å². The molecule has 1 unspecified atom stereocenters. The zero-order valence-electron chi connectivity index (χ0n) is 11.1. The van der Waals surface area contributed by atoms with Gasteiger partial charge in [0, 0.05) is 5.56 Å². The maximum absolute atomic E-state index is 12.1. The summed E-state index contributed by atoms with van der Waals surface area (Å²) in [5.41, 5.74) is 2.12. The molecule has 0 heterocycles. The molecule has 20 heavy (non-hydrogen) atoms. The largest absolute Gasteiger partial charge is 0.300 e. The Kier molecular flexibility index (Phi) is 4.50. The summed E-state index contributed by atoms with van der Waals surface area (Å²) in [7, 11) is 0. The third-order valence-corrected chi connectivity index (χ3v) is 2.79. The van der Waals surface area contributed by atoms with Crippen LogP contribution in [0.5, 0.6) is 0 Å². The van der Waals surface area contributed by atoms with Crippen LogP contribution in [0.3, 0.4) is 0 Å². The summed E-state index contributed by atoms with van der Waals surface area (Å²) >= 11 is 0. The van der Waals surface area contributed by atoms with Gasteiger partial charge in [-0.05, 0) is 19.1 Å². The van der Waals surface area contributed by atoms with Crippen LogP contribution in [0.2, 0.25) is 0 Å². The average Bonchev–Trinajstić information content (AvgIpc) is 2.49. The van der Waals surface area contributed by atoms with E-state index in [4.69, 9.17) is 0 Å². The van der Waals surface area contributed by atoms with Crippen molar-refractivity contribution in [3.05, 3.63) is 65.7 Å². The summed E-state index contributed by atoms with van der Waals surface area (Å²) in [4.78, 5) is 23.2. The first-order chi connectivity index (χ1) is 9.70. The molecule has 0 spiro atoms. The third-order valence-electron chi connectivity index (χ3n) is 2.79. The molecular weight excluding hydrogens is 252 g/mol. The van der Waals surface area contributed by atoms with Crippen LogP contribution >= 0.6 is 0 Å². The molecule has 2 aromatic rings. The molecule has 0 aliphatic carbocycles. The van der Waals surface area contributed by atoms with Crippen LogP contribution in [0.15, 0.2) is 64.8 Å². The van der Waals surface area contributed by atoms with E-state index >= 15 is 0 Å². The molecule has 0 bridgehead atoms. The van der Waals surface area contributed by atoms with Gasteiger partial charge in [0.1, 0.15) is 0 Å². The van der Waals surface area contributed by atoms with Gasteiger partial charge >= 0.3 is 0 Å². The average molecular weight is 266 g/mol. The van der Waals surface area contributed by atoms with E-state index in [2.05, 4.69) is 10.2 Å². The Hall–Kier alpha value is -2.62. The summed E-state index contributed by atoms with van der Waals surface area (Å²) in [6, 6.07) is 14.9. The number of nitrogens with zero attached hydrogens (tertiary/aromatic N) is 2. The maximum Gasteiger partial charge on any atom is 0.196 e. The van der Waals surface area contributed by atoms with E-state index < -0.39 is 6.04 Å². The number of ketones is 1. The van der Waals surface area contributed by atoms with Gasteiger partial charge in [-0.3, -0.25) is 4.79 Å². The van der Waals surface area contributed by atoms with Crippen molar-refractivity contribution in [3.63, 3.8) is 0 Å². The highest BCUT2D eigenvalue weighted by Crippen LogP contribution is 2.13. The summed E-state index contributed by atoms with van der Waals surface area (Å²) in [6.07, 6.45) is 0.509. The number of hydrogen-bond donors (Lipinski definition) is 0. The number of azo groups is 1. The second-order valence-corrected chi connectivity index (χ2v) is 4.36. The van der Waals surface area contributed by atoms with Gasteiger partial charge in [-0.25, -0.2) is 0 Å². The van der Waals surface area contributed by atoms with E-state index in [1.807, 2.05) is 37.3 Å². The number of rotatable bonds is 5. The van der Waals surface area contributed by atoms with E-state index in [-0.39, 0.29) is 5.78 Å². The van der Waals surface area contributed by atoms with Gasteiger partial charge < -0.3 is 4.79 Å². The van der Waals surface area contributed by atoms with Gasteiger partial charge in [-0.15, -0.1) is 0 Å². The van der Waals surface area contributed by atoms with Gasteiger partial charge in [0.2, 0.25) is 0 Å². The molecule has 0 aliphatic heterocycles. The standard InChI is InChI=1S/C16H14N2O2/c1-12-7-9-13(10-8-12)16(20)15(11-19)18-17-14-5-3-2-4-6-14/h2-11,15H,1H3. The van der Waals surface area contributed by atoms with Gasteiger partial charge in [0.15, 0.2) is 18.1 Å². The summed E-state index contributed by atoms with van der Waals surface area (Å²) in [5.74, 6) is -0.348. The first-order valence-electron chi connectivity index (χ1n) is 6.23. The van der Waals surface area contributed by atoms with E-state index in [0.29, 0.717) is 17.5 Å². The maximum atomic E-state index is 12.1. The summed E-state index contributed by atoms with van der Waals surface area (Å²) in [6.45, 7) is 1.93. The van der Waals surface area contributed by atoms with E-state index in [0.717, 1.165) is 5.56 Å². The lowest BCUT2D eigenvalue weighted by atomic mass is 10.0. The molecule has 0 saturated heterocycles. The quantitative estimate of drug-likeness (QED) is 0.360. The van der Waals surface area contributed by atoms with Crippen LogP contribution in [0.25, 0.3) is 0 Å². The molecule has 4 heteroatoms. The molecule has 0 aromatic heterocycles. The second kappa shape index (κ2) is 6.52.